The molecular weight excluding hydrogens is 250 g/mol. The van der Waals surface area contributed by atoms with E-state index < -0.39 is 0 Å². The van der Waals surface area contributed by atoms with Gasteiger partial charge in [-0.2, -0.15) is 0 Å². The molecule has 0 atom stereocenters. The zero-order chi connectivity index (χ0) is 15.7. The molecule has 1 aromatic carbocycles. The Kier molecular flexibility index (Phi) is 4.98. The van der Waals surface area contributed by atoms with Gasteiger partial charge in [0.25, 0.3) is 0 Å². The molecule has 0 unspecified atom stereocenters. The lowest BCUT2D eigenvalue weighted by Gasteiger charge is -2.24. The zero-order valence-corrected chi connectivity index (χ0v) is 14.2. The van der Waals surface area contributed by atoms with E-state index in [1.54, 1.807) is 0 Å². The smallest absolute Gasteiger partial charge is 0.338 e. The van der Waals surface area contributed by atoms with Crippen molar-refractivity contribution in [3.63, 3.8) is 0 Å². The zero-order valence-electron chi connectivity index (χ0n) is 14.2. The van der Waals surface area contributed by atoms with Crippen LogP contribution in [0.5, 0.6) is 0 Å². The minimum absolute atomic E-state index is 0.195. The van der Waals surface area contributed by atoms with Crippen molar-refractivity contribution in [2.75, 3.05) is 34.3 Å². The summed E-state index contributed by atoms with van der Waals surface area (Å²) in [6.45, 7) is 11.5. The van der Waals surface area contributed by atoms with E-state index >= 15 is 0 Å². The van der Waals surface area contributed by atoms with Crippen LogP contribution in [0.15, 0.2) is 0 Å². The highest BCUT2D eigenvalue weighted by Gasteiger charge is 2.20. The highest BCUT2D eigenvalue weighted by molar-refractivity contribution is 5.93. The van der Waals surface area contributed by atoms with Gasteiger partial charge in [0.1, 0.15) is 13.2 Å². The minimum Gasteiger partial charge on any atom is -0.456 e. The summed E-state index contributed by atoms with van der Waals surface area (Å²) in [5.41, 5.74) is 6.47. The van der Waals surface area contributed by atoms with Crippen LogP contribution in [0.4, 0.5) is 0 Å². The van der Waals surface area contributed by atoms with Crippen molar-refractivity contribution in [2.24, 2.45) is 0 Å². The minimum atomic E-state index is -0.195. The molecule has 1 rings (SSSR count). The molecule has 0 fully saturated rings. The molecule has 0 aliphatic carbocycles. The summed E-state index contributed by atoms with van der Waals surface area (Å²) >= 11 is 0. The van der Waals surface area contributed by atoms with E-state index in [2.05, 4.69) is 41.9 Å². The van der Waals surface area contributed by atoms with Gasteiger partial charge < -0.3 is 9.22 Å². The van der Waals surface area contributed by atoms with Crippen LogP contribution >= 0.6 is 0 Å². The molecule has 0 saturated heterocycles. The van der Waals surface area contributed by atoms with Gasteiger partial charge in [-0.15, -0.1) is 0 Å². The Balaban J connectivity index is 3.00. The second-order valence-corrected chi connectivity index (χ2v) is 6.65. The van der Waals surface area contributed by atoms with Gasteiger partial charge in [-0.1, -0.05) is 0 Å². The molecule has 0 aliphatic rings. The molecule has 0 amide bonds. The number of carbonyl (C=O) groups excluding carboxylic acids is 1. The predicted molar refractivity (Wildman–Crippen MR) is 83.3 cm³/mol. The van der Waals surface area contributed by atoms with Gasteiger partial charge in [0.05, 0.1) is 26.7 Å². The van der Waals surface area contributed by atoms with Crippen LogP contribution in [0.25, 0.3) is 0 Å². The number of benzene rings is 1. The van der Waals surface area contributed by atoms with Crippen molar-refractivity contribution in [2.45, 2.75) is 34.6 Å². The molecule has 0 aromatic heterocycles. The molecule has 0 radical (unpaired) electrons. The number of quaternary nitrogens is 1. The molecule has 0 saturated carbocycles. The number of carbonyl (C=O) groups is 1. The lowest BCUT2D eigenvalue weighted by atomic mass is 9.90. The largest absolute Gasteiger partial charge is 0.456 e. The summed E-state index contributed by atoms with van der Waals surface area (Å²) in [5.74, 6) is -0.195. The van der Waals surface area contributed by atoms with Crippen molar-refractivity contribution >= 4 is 5.97 Å². The van der Waals surface area contributed by atoms with Gasteiger partial charge >= 0.3 is 5.97 Å². The van der Waals surface area contributed by atoms with Gasteiger partial charge in [0.2, 0.25) is 0 Å². The molecule has 0 bridgehead atoms. The Morgan fingerprint density at radius 2 is 1.25 bits per heavy atom. The Hall–Kier alpha value is -1.35. The quantitative estimate of drug-likeness (QED) is 0.625. The maximum Gasteiger partial charge on any atom is 0.338 e. The average molecular weight is 278 g/mol. The Morgan fingerprint density at radius 1 is 0.850 bits per heavy atom. The first-order valence-electron chi connectivity index (χ1n) is 7.10. The lowest BCUT2D eigenvalue weighted by Crippen LogP contribution is -2.38. The third kappa shape index (κ3) is 3.60. The standard InChI is InChI=1S/C17H28NO2/c1-11-12(2)14(4)16(15(5)13(11)3)17(19)20-10-9-18(6,7)8/h9-10H2,1-8H3/q+1. The van der Waals surface area contributed by atoms with Gasteiger partial charge in [-0.05, 0) is 62.4 Å². The van der Waals surface area contributed by atoms with Crippen LogP contribution in [0.1, 0.15) is 38.2 Å². The molecule has 1 aromatic rings. The summed E-state index contributed by atoms with van der Waals surface area (Å²) < 4.78 is 6.25. The van der Waals surface area contributed by atoms with E-state index in [-0.39, 0.29) is 5.97 Å². The topological polar surface area (TPSA) is 26.3 Å². The van der Waals surface area contributed by atoms with Crippen molar-refractivity contribution in [1.29, 1.82) is 0 Å². The number of rotatable bonds is 4. The summed E-state index contributed by atoms with van der Waals surface area (Å²) in [6.07, 6.45) is 0. The van der Waals surface area contributed by atoms with Crippen LogP contribution < -0.4 is 0 Å². The number of esters is 1. The van der Waals surface area contributed by atoms with Crippen LogP contribution in [0.3, 0.4) is 0 Å². The first kappa shape index (κ1) is 16.7. The highest BCUT2D eigenvalue weighted by Crippen LogP contribution is 2.26. The highest BCUT2D eigenvalue weighted by atomic mass is 16.5. The molecule has 3 heteroatoms. The molecular formula is C17H28NO2+. The van der Waals surface area contributed by atoms with Crippen LogP contribution in [-0.4, -0.2) is 44.7 Å². The predicted octanol–water partition coefficient (Wildman–Crippen LogP) is 3.09. The summed E-state index contributed by atoms with van der Waals surface area (Å²) in [6, 6.07) is 0. The molecule has 0 heterocycles. The number of hydrogen-bond donors (Lipinski definition) is 0. The third-order valence-corrected chi connectivity index (χ3v) is 4.20. The molecule has 112 valence electrons. The summed E-state index contributed by atoms with van der Waals surface area (Å²) in [7, 11) is 6.26. The number of nitrogens with zero attached hydrogens (tertiary/aromatic N) is 1. The SMILES string of the molecule is Cc1c(C)c(C)c(C(=O)OCC[N+](C)(C)C)c(C)c1C. The summed E-state index contributed by atoms with van der Waals surface area (Å²) in [5, 5.41) is 0. The van der Waals surface area contributed by atoms with Crippen molar-refractivity contribution < 1.29 is 14.0 Å². The number of ether oxygens (including phenoxy) is 1. The molecule has 0 N–H and O–H groups in total. The van der Waals surface area contributed by atoms with Crippen LogP contribution in [0, 0.1) is 34.6 Å². The van der Waals surface area contributed by atoms with E-state index in [4.69, 9.17) is 4.74 Å². The van der Waals surface area contributed by atoms with E-state index in [1.165, 1.54) is 16.7 Å². The van der Waals surface area contributed by atoms with E-state index in [9.17, 15) is 4.79 Å². The van der Waals surface area contributed by atoms with Gasteiger partial charge in [0.15, 0.2) is 0 Å². The maximum atomic E-state index is 12.4. The first-order valence-corrected chi connectivity index (χ1v) is 7.10. The van der Waals surface area contributed by atoms with E-state index in [1.807, 2.05) is 13.8 Å². The Morgan fingerprint density at radius 3 is 1.65 bits per heavy atom. The number of likely N-dealkylation sites (N-methyl/N-ethyl adjacent to an activating group) is 1. The average Bonchev–Trinajstić information content (AvgIpc) is 2.32. The van der Waals surface area contributed by atoms with E-state index in [0.29, 0.717) is 6.61 Å². The molecule has 20 heavy (non-hydrogen) atoms. The maximum absolute atomic E-state index is 12.4. The van der Waals surface area contributed by atoms with Crippen molar-refractivity contribution in [3.05, 3.63) is 33.4 Å². The van der Waals surface area contributed by atoms with Crippen LogP contribution in [0.2, 0.25) is 0 Å². The fourth-order valence-corrected chi connectivity index (χ4v) is 2.29. The summed E-state index contributed by atoms with van der Waals surface area (Å²) in [4.78, 5) is 12.4. The Bertz CT molecular complexity index is 496. The third-order valence-electron chi connectivity index (χ3n) is 4.20. The van der Waals surface area contributed by atoms with Gasteiger partial charge in [-0.3, -0.25) is 0 Å². The van der Waals surface area contributed by atoms with Gasteiger partial charge in [-0.25, -0.2) is 4.79 Å². The number of hydrogen-bond acceptors (Lipinski definition) is 2. The first-order chi connectivity index (χ1) is 9.06. The lowest BCUT2D eigenvalue weighted by molar-refractivity contribution is -0.870. The molecule has 0 spiro atoms. The van der Waals surface area contributed by atoms with Crippen LogP contribution in [-0.2, 0) is 4.74 Å². The fraction of sp³-hybridized carbons (Fsp3) is 0.588. The van der Waals surface area contributed by atoms with E-state index in [0.717, 1.165) is 27.7 Å². The van der Waals surface area contributed by atoms with Gasteiger partial charge in [0, 0.05) is 0 Å². The fourth-order valence-electron chi connectivity index (χ4n) is 2.29. The molecule has 3 nitrogen and oxygen atoms in total. The Labute approximate surface area is 123 Å². The van der Waals surface area contributed by atoms with Crippen molar-refractivity contribution in [3.8, 4) is 0 Å². The monoisotopic (exact) mass is 278 g/mol. The second kappa shape index (κ2) is 5.96. The normalized spacial score (nSPS) is 11.6. The second-order valence-electron chi connectivity index (χ2n) is 6.65. The molecule has 0 aliphatic heterocycles. The van der Waals surface area contributed by atoms with Crippen molar-refractivity contribution in [1.82, 2.24) is 0 Å².